The van der Waals surface area contributed by atoms with Gasteiger partial charge in [-0.3, -0.25) is 4.79 Å². The van der Waals surface area contributed by atoms with Crippen LogP contribution in [0.4, 0.5) is 0 Å². The Morgan fingerprint density at radius 2 is 1.86 bits per heavy atom. The molecule has 0 amide bonds. The van der Waals surface area contributed by atoms with Crippen LogP contribution < -0.4 is 11.2 Å². The van der Waals surface area contributed by atoms with Crippen LogP contribution in [0.5, 0.6) is 0 Å². The summed E-state index contributed by atoms with van der Waals surface area (Å²) in [6.07, 6.45) is 3.99. The summed E-state index contributed by atoms with van der Waals surface area (Å²) in [5.74, 6) is 1.04. The number of hydrogen-bond donors (Lipinski definition) is 0. The number of aromatic nitrogens is 4. The average Bonchev–Trinajstić information content (AvgIpc) is 3.04. The van der Waals surface area contributed by atoms with E-state index in [2.05, 4.69) is 15.7 Å². The highest BCUT2D eigenvalue weighted by Gasteiger charge is 2.27. The van der Waals surface area contributed by atoms with E-state index in [0.717, 1.165) is 70.8 Å². The van der Waals surface area contributed by atoms with Crippen LogP contribution in [0.1, 0.15) is 41.6 Å². The predicted molar refractivity (Wildman–Crippen MR) is 141 cm³/mol. The van der Waals surface area contributed by atoms with Crippen LogP contribution in [0.3, 0.4) is 0 Å². The SMILES string of the molecule is Cc1ccc2c(CSc3nc4nn(-c5ccccc5)c(=O)c-4c4n3CCCCC4)cc(=O)oc2c1C. The molecule has 2 aromatic carbocycles. The lowest BCUT2D eigenvalue weighted by molar-refractivity contribution is 0.557. The van der Waals surface area contributed by atoms with Gasteiger partial charge in [-0.25, -0.2) is 9.78 Å². The minimum Gasteiger partial charge on any atom is -0.422 e. The zero-order chi connectivity index (χ0) is 24.8. The van der Waals surface area contributed by atoms with Crippen molar-refractivity contribution in [2.24, 2.45) is 0 Å². The van der Waals surface area contributed by atoms with Crippen molar-refractivity contribution in [1.82, 2.24) is 19.3 Å². The van der Waals surface area contributed by atoms with Crippen molar-refractivity contribution in [3.8, 4) is 17.1 Å². The third-order valence-electron chi connectivity index (χ3n) is 7.04. The minimum absolute atomic E-state index is 0.122. The summed E-state index contributed by atoms with van der Waals surface area (Å²) in [5.41, 5.74) is 5.51. The molecule has 0 saturated heterocycles. The third-order valence-corrected chi connectivity index (χ3v) is 8.07. The zero-order valence-corrected chi connectivity index (χ0v) is 21.1. The Morgan fingerprint density at radius 1 is 1.03 bits per heavy atom. The van der Waals surface area contributed by atoms with Gasteiger partial charge in [0.2, 0.25) is 0 Å². The molecule has 6 rings (SSSR count). The number of thioether (sulfide) groups is 1. The Kier molecular flexibility index (Phi) is 5.76. The first-order valence-corrected chi connectivity index (χ1v) is 13.2. The highest BCUT2D eigenvalue weighted by atomic mass is 32.2. The van der Waals surface area contributed by atoms with Gasteiger partial charge in [-0.1, -0.05) is 48.5 Å². The van der Waals surface area contributed by atoms with Gasteiger partial charge in [0, 0.05) is 29.4 Å². The molecule has 0 N–H and O–H groups in total. The molecule has 0 unspecified atom stereocenters. The van der Waals surface area contributed by atoms with E-state index in [4.69, 9.17) is 9.40 Å². The van der Waals surface area contributed by atoms with Gasteiger partial charge in [-0.15, -0.1) is 5.10 Å². The van der Waals surface area contributed by atoms with Gasteiger partial charge in [0.25, 0.3) is 5.56 Å². The van der Waals surface area contributed by atoms with Crippen molar-refractivity contribution in [2.75, 3.05) is 0 Å². The lowest BCUT2D eigenvalue weighted by atomic mass is 10.0. The van der Waals surface area contributed by atoms with Gasteiger partial charge in [-0.2, -0.15) is 4.68 Å². The second kappa shape index (κ2) is 9.09. The molecule has 1 aromatic heterocycles. The average molecular weight is 499 g/mol. The fraction of sp³-hybridized carbons (Fsp3) is 0.286. The Hall–Kier alpha value is -3.65. The molecule has 0 aliphatic carbocycles. The van der Waals surface area contributed by atoms with Crippen LogP contribution in [-0.4, -0.2) is 19.3 Å². The Labute approximate surface area is 212 Å². The van der Waals surface area contributed by atoms with E-state index in [-0.39, 0.29) is 11.2 Å². The molecule has 8 heteroatoms. The molecule has 3 aliphatic heterocycles. The fourth-order valence-electron chi connectivity index (χ4n) is 4.99. The predicted octanol–water partition coefficient (Wildman–Crippen LogP) is 5.28. The number of fused-ring (bicyclic) bond motifs is 4. The van der Waals surface area contributed by atoms with Gasteiger partial charge in [0.05, 0.1) is 5.69 Å². The molecule has 36 heavy (non-hydrogen) atoms. The Bertz CT molecular complexity index is 1680. The van der Waals surface area contributed by atoms with Gasteiger partial charge in [0.1, 0.15) is 11.1 Å². The van der Waals surface area contributed by atoms with E-state index in [0.29, 0.717) is 22.7 Å². The van der Waals surface area contributed by atoms with Gasteiger partial charge in [0.15, 0.2) is 11.0 Å². The molecule has 0 saturated carbocycles. The van der Waals surface area contributed by atoms with Crippen LogP contribution in [-0.2, 0) is 18.7 Å². The summed E-state index contributed by atoms with van der Waals surface area (Å²) in [7, 11) is 0. The molecule has 7 nitrogen and oxygen atoms in total. The summed E-state index contributed by atoms with van der Waals surface area (Å²) in [6, 6.07) is 15.1. The number of hydrogen-bond acceptors (Lipinski definition) is 6. The molecule has 0 radical (unpaired) electrons. The molecule has 4 heterocycles. The minimum atomic E-state index is -0.348. The summed E-state index contributed by atoms with van der Waals surface area (Å²) in [4.78, 5) is 30.7. The van der Waals surface area contributed by atoms with E-state index in [1.54, 1.807) is 17.8 Å². The summed E-state index contributed by atoms with van der Waals surface area (Å²) < 4.78 is 9.21. The highest BCUT2D eigenvalue weighted by Crippen LogP contribution is 2.33. The van der Waals surface area contributed by atoms with E-state index in [9.17, 15) is 9.59 Å². The van der Waals surface area contributed by atoms with Crippen LogP contribution in [0.2, 0.25) is 0 Å². The van der Waals surface area contributed by atoms with Crippen molar-refractivity contribution in [2.45, 2.75) is 57.0 Å². The molecule has 3 aliphatic rings. The molecular formula is C28H26N4O3S. The molecular weight excluding hydrogens is 472 g/mol. The number of benzene rings is 2. The smallest absolute Gasteiger partial charge is 0.336 e. The number of aryl methyl sites for hydroxylation is 2. The second-order valence-electron chi connectivity index (χ2n) is 9.32. The number of rotatable bonds is 4. The molecule has 0 fully saturated rings. The molecule has 182 valence electrons. The van der Waals surface area contributed by atoms with Crippen molar-refractivity contribution >= 4 is 22.7 Å². The lowest BCUT2D eigenvalue weighted by Gasteiger charge is -2.18. The number of para-hydroxylation sites is 1. The quantitative estimate of drug-likeness (QED) is 0.191. The van der Waals surface area contributed by atoms with Crippen LogP contribution in [0.25, 0.3) is 28.0 Å². The molecule has 0 atom stereocenters. The van der Waals surface area contributed by atoms with Crippen molar-refractivity contribution in [3.05, 3.63) is 91.7 Å². The van der Waals surface area contributed by atoms with Crippen molar-refractivity contribution < 1.29 is 4.42 Å². The Balaban J connectivity index is 1.47. The highest BCUT2D eigenvalue weighted by molar-refractivity contribution is 7.98. The monoisotopic (exact) mass is 498 g/mol. The first-order valence-electron chi connectivity index (χ1n) is 12.2. The van der Waals surface area contributed by atoms with Gasteiger partial charge < -0.3 is 8.98 Å². The van der Waals surface area contributed by atoms with Crippen molar-refractivity contribution in [1.29, 1.82) is 0 Å². The zero-order valence-electron chi connectivity index (χ0n) is 20.3. The first kappa shape index (κ1) is 22.8. The Morgan fingerprint density at radius 3 is 2.69 bits per heavy atom. The van der Waals surface area contributed by atoms with E-state index < -0.39 is 0 Å². The summed E-state index contributed by atoms with van der Waals surface area (Å²) in [5, 5.41) is 6.39. The van der Waals surface area contributed by atoms with Crippen LogP contribution in [0.15, 0.2) is 67.7 Å². The maximum absolute atomic E-state index is 13.4. The lowest BCUT2D eigenvalue weighted by Crippen LogP contribution is -2.19. The largest absolute Gasteiger partial charge is 0.422 e. The van der Waals surface area contributed by atoms with E-state index in [1.165, 1.54) is 4.68 Å². The molecule has 0 spiro atoms. The van der Waals surface area contributed by atoms with Crippen molar-refractivity contribution in [3.63, 3.8) is 0 Å². The normalized spacial score (nSPS) is 13.7. The fourth-order valence-corrected chi connectivity index (χ4v) is 6.03. The first-order chi connectivity index (χ1) is 17.5. The second-order valence-corrected chi connectivity index (χ2v) is 10.3. The maximum Gasteiger partial charge on any atom is 0.336 e. The third kappa shape index (κ3) is 3.86. The maximum atomic E-state index is 13.4. The van der Waals surface area contributed by atoms with Crippen LogP contribution in [0, 0.1) is 13.8 Å². The summed E-state index contributed by atoms with van der Waals surface area (Å²) >= 11 is 1.58. The molecule has 0 bridgehead atoms. The standard InChI is InChI=1S/C28H26N4O3S/c1-17-12-13-21-19(15-23(33)35-25(21)18(17)2)16-36-28-29-26-24(22-11-7-4-8-14-31(22)28)27(34)32(30-26)20-9-5-3-6-10-20/h3,5-6,9-10,12-13,15H,4,7-8,11,14,16H2,1-2H3. The topological polar surface area (TPSA) is 82.9 Å². The van der Waals surface area contributed by atoms with Gasteiger partial charge >= 0.3 is 5.63 Å². The van der Waals surface area contributed by atoms with Crippen LogP contribution >= 0.6 is 11.8 Å². The van der Waals surface area contributed by atoms with Gasteiger partial charge in [-0.05, 0) is 61.9 Å². The summed E-state index contributed by atoms with van der Waals surface area (Å²) in [6.45, 7) is 4.80. The number of nitrogens with zero attached hydrogens (tertiary/aromatic N) is 4. The van der Waals surface area contributed by atoms with E-state index >= 15 is 0 Å². The molecule has 3 aromatic rings. The van der Waals surface area contributed by atoms with E-state index in [1.807, 2.05) is 50.2 Å².